The normalized spacial score (nSPS) is 41.3. The molecule has 0 aromatic rings. The summed E-state index contributed by atoms with van der Waals surface area (Å²) in [5, 5.41) is 0. The van der Waals surface area contributed by atoms with E-state index >= 15 is 0 Å². The molecule has 0 amide bonds. The van der Waals surface area contributed by atoms with Crippen LogP contribution >= 0.6 is 0 Å². The van der Waals surface area contributed by atoms with Gasteiger partial charge in [0.05, 0.1) is 0 Å². The van der Waals surface area contributed by atoms with Crippen LogP contribution in [0.1, 0.15) is 119 Å². The van der Waals surface area contributed by atoms with Gasteiger partial charge in [-0.15, -0.1) is 0 Å². The summed E-state index contributed by atoms with van der Waals surface area (Å²) in [4.78, 5) is 0. The van der Waals surface area contributed by atoms with Crippen LogP contribution in [0.4, 0.5) is 0 Å². The molecule has 0 heteroatoms. The molecule has 0 aliphatic heterocycles. The molecule has 0 heterocycles. The summed E-state index contributed by atoms with van der Waals surface area (Å²) in [5.41, 5.74) is 7.01. The SMILES string of the molecule is C=C(CC[C@@H](C)[C@H]1CC[C@H]2C3=C(CC[C@]12C)[C@@]1(C)CCCC(C)(C)C1CC3)C(C)C. The lowest BCUT2D eigenvalue weighted by Gasteiger charge is -2.58. The second kappa shape index (κ2) is 7.81. The highest BCUT2D eigenvalue weighted by Gasteiger charge is 2.57. The van der Waals surface area contributed by atoms with Gasteiger partial charge < -0.3 is 0 Å². The monoisotopic (exact) mass is 410 g/mol. The lowest BCUT2D eigenvalue weighted by molar-refractivity contribution is -0.00388. The van der Waals surface area contributed by atoms with Gasteiger partial charge >= 0.3 is 0 Å². The zero-order chi connectivity index (χ0) is 21.9. The fourth-order valence-corrected chi connectivity index (χ4v) is 9.27. The van der Waals surface area contributed by atoms with E-state index in [9.17, 15) is 0 Å². The van der Waals surface area contributed by atoms with E-state index in [1.54, 1.807) is 0 Å². The minimum atomic E-state index is 0.509. The molecular formula is C30H50. The van der Waals surface area contributed by atoms with Gasteiger partial charge in [0.2, 0.25) is 0 Å². The van der Waals surface area contributed by atoms with Crippen molar-refractivity contribution < 1.29 is 0 Å². The van der Waals surface area contributed by atoms with E-state index in [-0.39, 0.29) is 0 Å². The van der Waals surface area contributed by atoms with Crippen LogP contribution in [0.3, 0.4) is 0 Å². The van der Waals surface area contributed by atoms with E-state index < -0.39 is 0 Å². The zero-order valence-electron chi connectivity index (χ0n) is 21.4. The maximum Gasteiger partial charge on any atom is -0.00802 e. The molecule has 30 heavy (non-hydrogen) atoms. The smallest absolute Gasteiger partial charge is 0.00802 e. The summed E-state index contributed by atoms with van der Waals surface area (Å²) < 4.78 is 0. The van der Waals surface area contributed by atoms with Crippen LogP contribution in [0.25, 0.3) is 0 Å². The zero-order valence-corrected chi connectivity index (χ0v) is 21.4. The Morgan fingerprint density at radius 2 is 1.70 bits per heavy atom. The Morgan fingerprint density at radius 1 is 0.967 bits per heavy atom. The van der Waals surface area contributed by atoms with Crippen molar-refractivity contribution in [1.82, 2.24) is 0 Å². The third kappa shape index (κ3) is 3.47. The van der Waals surface area contributed by atoms with E-state index in [0.717, 1.165) is 23.7 Å². The molecule has 4 aliphatic carbocycles. The largest absolute Gasteiger partial charge is 0.0996 e. The maximum atomic E-state index is 4.36. The Labute approximate surface area is 188 Å². The van der Waals surface area contributed by atoms with Crippen molar-refractivity contribution in [3.05, 3.63) is 23.3 Å². The third-order valence-electron chi connectivity index (χ3n) is 11.2. The molecule has 4 aliphatic rings. The minimum Gasteiger partial charge on any atom is -0.0996 e. The van der Waals surface area contributed by atoms with Gasteiger partial charge in [-0.25, -0.2) is 0 Å². The summed E-state index contributed by atoms with van der Waals surface area (Å²) in [6.07, 6.45) is 15.6. The van der Waals surface area contributed by atoms with Gasteiger partial charge in [-0.2, -0.15) is 0 Å². The first-order valence-electron chi connectivity index (χ1n) is 13.4. The quantitative estimate of drug-likeness (QED) is 0.396. The van der Waals surface area contributed by atoms with Crippen LogP contribution in [-0.2, 0) is 0 Å². The molecule has 0 spiro atoms. The van der Waals surface area contributed by atoms with E-state index in [1.165, 1.54) is 76.2 Å². The standard InChI is InChI=1S/C30H50/c1-20(2)21(3)10-11-22(4)24-13-14-25-23-12-15-27-28(5,6)17-9-18-30(27,8)26(23)16-19-29(24,25)7/h20,22,24-25,27H,3,9-19H2,1-2,4-8H3/t22-,24-,25+,27?,29-,30-/m1/s1. The van der Waals surface area contributed by atoms with E-state index in [0.29, 0.717) is 22.2 Å². The summed E-state index contributed by atoms with van der Waals surface area (Å²) >= 11 is 0. The molecule has 2 saturated carbocycles. The molecular weight excluding hydrogens is 360 g/mol. The van der Waals surface area contributed by atoms with Crippen molar-refractivity contribution in [2.45, 2.75) is 119 Å². The summed E-state index contributed by atoms with van der Waals surface area (Å²) in [7, 11) is 0. The Bertz CT molecular complexity index is 706. The van der Waals surface area contributed by atoms with Gasteiger partial charge in [-0.05, 0) is 110 Å². The first-order chi connectivity index (χ1) is 14.0. The van der Waals surface area contributed by atoms with Crippen LogP contribution in [0.15, 0.2) is 23.3 Å². The Kier molecular flexibility index (Phi) is 5.90. The molecule has 6 atom stereocenters. The highest BCUT2D eigenvalue weighted by Crippen LogP contribution is 2.68. The molecule has 0 nitrogen and oxygen atoms in total. The minimum absolute atomic E-state index is 0.509. The Balaban J connectivity index is 1.56. The first-order valence-corrected chi connectivity index (χ1v) is 13.4. The van der Waals surface area contributed by atoms with Crippen LogP contribution < -0.4 is 0 Å². The molecule has 0 N–H and O–H groups in total. The number of fused-ring (bicyclic) bond motifs is 4. The highest BCUT2D eigenvalue weighted by molar-refractivity contribution is 5.35. The molecule has 0 saturated heterocycles. The maximum absolute atomic E-state index is 4.36. The fraction of sp³-hybridized carbons (Fsp3) is 0.867. The Morgan fingerprint density at radius 3 is 2.40 bits per heavy atom. The van der Waals surface area contributed by atoms with Gasteiger partial charge in [-0.3, -0.25) is 0 Å². The van der Waals surface area contributed by atoms with Crippen molar-refractivity contribution in [2.75, 3.05) is 0 Å². The van der Waals surface area contributed by atoms with Crippen molar-refractivity contribution in [2.24, 2.45) is 45.8 Å². The summed E-state index contributed by atoms with van der Waals surface area (Å²) in [5.74, 6) is 4.22. The molecule has 4 rings (SSSR count). The molecule has 2 fully saturated rings. The number of rotatable bonds is 5. The van der Waals surface area contributed by atoms with Gasteiger partial charge in [0, 0.05) is 0 Å². The van der Waals surface area contributed by atoms with Crippen LogP contribution in [0.5, 0.6) is 0 Å². The third-order valence-corrected chi connectivity index (χ3v) is 11.2. The van der Waals surface area contributed by atoms with Gasteiger partial charge in [0.25, 0.3) is 0 Å². The molecule has 0 radical (unpaired) electrons. The van der Waals surface area contributed by atoms with E-state index in [1.807, 2.05) is 11.1 Å². The number of hydrogen-bond donors (Lipinski definition) is 0. The van der Waals surface area contributed by atoms with Crippen molar-refractivity contribution in [3.8, 4) is 0 Å². The second-order valence-electron chi connectivity index (χ2n) is 13.4. The highest BCUT2D eigenvalue weighted by atomic mass is 14.6. The summed E-state index contributed by atoms with van der Waals surface area (Å²) in [6.45, 7) is 22.1. The summed E-state index contributed by atoms with van der Waals surface area (Å²) in [6, 6.07) is 0. The van der Waals surface area contributed by atoms with E-state index in [2.05, 4.69) is 55.0 Å². The van der Waals surface area contributed by atoms with Crippen LogP contribution in [0, 0.1) is 45.8 Å². The van der Waals surface area contributed by atoms with Crippen molar-refractivity contribution in [3.63, 3.8) is 0 Å². The molecule has 0 aromatic heterocycles. The second-order valence-corrected chi connectivity index (χ2v) is 13.4. The van der Waals surface area contributed by atoms with Gasteiger partial charge in [0.15, 0.2) is 0 Å². The Hall–Kier alpha value is -0.520. The topological polar surface area (TPSA) is 0 Å². The van der Waals surface area contributed by atoms with E-state index in [4.69, 9.17) is 0 Å². The lowest BCUT2D eigenvalue weighted by atomic mass is 9.46. The van der Waals surface area contributed by atoms with Gasteiger partial charge in [0.1, 0.15) is 0 Å². The molecule has 170 valence electrons. The molecule has 1 unspecified atom stereocenters. The predicted octanol–water partition coefficient (Wildman–Crippen LogP) is 9.36. The van der Waals surface area contributed by atoms with Crippen molar-refractivity contribution >= 4 is 0 Å². The van der Waals surface area contributed by atoms with Crippen LogP contribution in [0.2, 0.25) is 0 Å². The average Bonchev–Trinajstić information content (AvgIpc) is 3.02. The predicted molar refractivity (Wildman–Crippen MR) is 131 cm³/mol. The van der Waals surface area contributed by atoms with Gasteiger partial charge in [-0.1, -0.05) is 78.2 Å². The fourth-order valence-electron chi connectivity index (χ4n) is 9.27. The molecule has 0 aromatic carbocycles. The van der Waals surface area contributed by atoms with Crippen LogP contribution in [-0.4, -0.2) is 0 Å². The first kappa shape index (κ1) is 22.7. The average molecular weight is 411 g/mol. The lowest BCUT2D eigenvalue weighted by Crippen LogP contribution is -2.48. The van der Waals surface area contributed by atoms with Crippen molar-refractivity contribution in [1.29, 1.82) is 0 Å². The number of hydrogen-bond acceptors (Lipinski definition) is 0. The molecule has 0 bridgehead atoms. The number of allylic oxidation sites excluding steroid dienone is 3.